The Kier molecular flexibility index (Phi) is 4.77. The molecule has 6 heteroatoms. The van der Waals surface area contributed by atoms with E-state index in [4.69, 9.17) is 9.84 Å². The lowest BCUT2D eigenvalue weighted by molar-refractivity contribution is -0.385. The summed E-state index contributed by atoms with van der Waals surface area (Å²) < 4.78 is 5.83. The molecule has 1 saturated carbocycles. The van der Waals surface area contributed by atoms with Gasteiger partial charge in [0.1, 0.15) is 11.3 Å². The van der Waals surface area contributed by atoms with Gasteiger partial charge in [0.25, 0.3) is 5.69 Å². The van der Waals surface area contributed by atoms with E-state index in [0.29, 0.717) is 11.7 Å². The van der Waals surface area contributed by atoms with E-state index in [1.165, 1.54) is 24.6 Å². The van der Waals surface area contributed by atoms with E-state index in [2.05, 4.69) is 6.92 Å². The molecule has 6 nitrogen and oxygen atoms in total. The van der Waals surface area contributed by atoms with Gasteiger partial charge in [0.05, 0.1) is 11.0 Å². The Hall–Kier alpha value is -2.11. The van der Waals surface area contributed by atoms with E-state index in [0.717, 1.165) is 25.7 Å². The molecule has 0 bridgehead atoms. The molecule has 0 heterocycles. The number of nitrogens with zero attached hydrogens (tertiary/aromatic N) is 1. The summed E-state index contributed by atoms with van der Waals surface area (Å²) in [7, 11) is 0. The zero-order valence-electron chi connectivity index (χ0n) is 11.9. The van der Waals surface area contributed by atoms with Gasteiger partial charge in [-0.2, -0.15) is 0 Å². The van der Waals surface area contributed by atoms with Crippen LogP contribution in [-0.2, 0) is 0 Å². The summed E-state index contributed by atoms with van der Waals surface area (Å²) in [6, 6.07) is 3.91. The lowest BCUT2D eigenvalue weighted by Crippen LogP contribution is -2.25. The van der Waals surface area contributed by atoms with Gasteiger partial charge in [-0.1, -0.05) is 19.8 Å². The minimum atomic E-state index is -1.32. The van der Waals surface area contributed by atoms with Crippen LogP contribution >= 0.6 is 0 Å². The first-order valence-corrected chi connectivity index (χ1v) is 7.19. The number of ether oxygens (including phenoxy) is 1. The third-order valence-electron chi connectivity index (χ3n) is 4.01. The predicted octanol–water partition coefficient (Wildman–Crippen LogP) is 3.64. The van der Waals surface area contributed by atoms with Crippen LogP contribution in [0.5, 0.6) is 5.75 Å². The molecular weight excluding hydrogens is 274 g/mol. The van der Waals surface area contributed by atoms with Gasteiger partial charge in [-0.25, -0.2) is 4.79 Å². The SMILES string of the molecule is CCC1CCCC(Oc2ccc([N+](=O)[O-])c(C(=O)O)c2)C1. The molecule has 0 aromatic heterocycles. The molecule has 2 atom stereocenters. The van der Waals surface area contributed by atoms with Crippen molar-refractivity contribution >= 4 is 11.7 Å². The Bertz CT molecular complexity index is 543. The summed E-state index contributed by atoms with van der Waals surface area (Å²) in [5, 5.41) is 19.9. The Balaban J connectivity index is 2.15. The summed E-state index contributed by atoms with van der Waals surface area (Å²) in [6.45, 7) is 2.15. The summed E-state index contributed by atoms with van der Waals surface area (Å²) in [4.78, 5) is 21.2. The summed E-state index contributed by atoms with van der Waals surface area (Å²) in [5.41, 5.74) is -0.745. The fourth-order valence-electron chi connectivity index (χ4n) is 2.83. The highest BCUT2D eigenvalue weighted by molar-refractivity contribution is 5.92. The van der Waals surface area contributed by atoms with Crippen molar-refractivity contribution < 1.29 is 19.6 Å². The third kappa shape index (κ3) is 3.71. The number of carboxylic acids is 1. The summed E-state index contributed by atoms with van der Waals surface area (Å²) in [6.07, 6.45) is 5.37. The Labute approximate surface area is 122 Å². The first kappa shape index (κ1) is 15.3. The number of rotatable bonds is 5. The Morgan fingerprint density at radius 1 is 1.48 bits per heavy atom. The molecule has 1 aromatic rings. The summed E-state index contributed by atoms with van der Waals surface area (Å²) >= 11 is 0. The molecule has 114 valence electrons. The molecular formula is C15H19NO5. The highest BCUT2D eigenvalue weighted by atomic mass is 16.6. The molecule has 1 N–H and O–H groups in total. The lowest BCUT2D eigenvalue weighted by Gasteiger charge is -2.29. The van der Waals surface area contributed by atoms with Crippen LogP contribution in [0.2, 0.25) is 0 Å². The van der Waals surface area contributed by atoms with Gasteiger partial charge in [0.2, 0.25) is 0 Å². The molecule has 1 fully saturated rings. The molecule has 1 aliphatic rings. The maximum atomic E-state index is 11.1. The van der Waals surface area contributed by atoms with Crippen LogP contribution in [0.1, 0.15) is 49.4 Å². The minimum absolute atomic E-state index is 0.0619. The van der Waals surface area contributed by atoms with E-state index < -0.39 is 16.6 Å². The molecule has 21 heavy (non-hydrogen) atoms. The third-order valence-corrected chi connectivity index (χ3v) is 4.01. The lowest BCUT2D eigenvalue weighted by atomic mass is 9.85. The maximum absolute atomic E-state index is 11.1. The van der Waals surface area contributed by atoms with Crippen molar-refractivity contribution in [3.05, 3.63) is 33.9 Å². The van der Waals surface area contributed by atoms with Gasteiger partial charge in [0.15, 0.2) is 0 Å². The van der Waals surface area contributed by atoms with E-state index in [1.807, 2.05) is 0 Å². The van der Waals surface area contributed by atoms with Gasteiger partial charge >= 0.3 is 5.97 Å². The van der Waals surface area contributed by atoms with Crippen LogP contribution in [0, 0.1) is 16.0 Å². The quantitative estimate of drug-likeness (QED) is 0.661. The van der Waals surface area contributed by atoms with E-state index in [1.54, 1.807) is 0 Å². The standard InChI is InChI=1S/C15H19NO5/c1-2-10-4-3-5-11(8-10)21-12-6-7-14(16(19)20)13(9-12)15(17)18/h6-7,9-11H,2-5,8H2,1H3,(H,17,18). The van der Waals surface area contributed by atoms with E-state index in [9.17, 15) is 14.9 Å². The fraction of sp³-hybridized carbons (Fsp3) is 0.533. The first-order chi connectivity index (χ1) is 10.0. The second-order valence-electron chi connectivity index (χ2n) is 5.42. The van der Waals surface area contributed by atoms with Gasteiger partial charge in [-0.05, 0) is 31.2 Å². The minimum Gasteiger partial charge on any atom is -0.490 e. The zero-order chi connectivity index (χ0) is 15.4. The largest absolute Gasteiger partial charge is 0.490 e. The van der Waals surface area contributed by atoms with Crippen LogP contribution in [0.15, 0.2) is 18.2 Å². The fourth-order valence-corrected chi connectivity index (χ4v) is 2.83. The Morgan fingerprint density at radius 3 is 2.86 bits per heavy atom. The van der Waals surface area contributed by atoms with Crippen LogP contribution in [0.25, 0.3) is 0 Å². The molecule has 2 unspecified atom stereocenters. The molecule has 2 rings (SSSR count). The maximum Gasteiger partial charge on any atom is 0.342 e. The zero-order valence-corrected chi connectivity index (χ0v) is 11.9. The topological polar surface area (TPSA) is 89.7 Å². The highest BCUT2D eigenvalue weighted by Gasteiger charge is 2.24. The van der Waals surface area contributed by atoms with Crippen LogP contribution in [0.4, 0.5) is 5.69 Å². The normalized spacial score (nSPS) is 21.8. The second-order valence-corrected chi connectivity index (χ2v) is 5.42. The smallest absolute Gasteiger partial charge is 0.342 e. The van der Waals surface area contributed by atoms with Crippen molar-refractivity contribution in [1.82, 2.24) is 0 Å². The number of nitro benzene ring substituents is 1. The number of aromatic carboxylic acids is 1. The van der Waals surface area contributed by atoms with Crippen LogP contribution in [-0.4, -0.2) is 22.1 Å². The molecule has 1 aromatic carbocycles. The van der Waals surface area contributed by atoms with Crippen molar-refractivity contribution in [1.29, 1.82) is 0 Å². The van der Waals surface area contributed by atoms with Crippen LogP contribution in [0.3, 0.4) is 0 Å². The van der Waals surface area contributed by atoms with Gasteiger partial charge in [0, 0.05) is 12.1 Å². The van der Waals surface area contributed by atoms with E-state index >= 15 is 0 Å². The number of hydrogen-bond acceptors (Lipinski definition) is 4. The van der Waals surface area contributed by atoms with Crippen molar-refractivity contribution in [3.8, 4) is 5.75 Å². The molecule has 0 aliphatic heterocycles. The number of carboxylic acid groups (broad SMARTS) is 1. The van der Waals surface area contributed by atoms with Crippen LogP contribution < -0.4 is 4.74 Å². The average Bonchev–Trinajstić information content (AvgIpc) is 2.47. The number of benzene rings is 1. The summed E-state index contributed by atoms with van der Waals surface area (Å²) in [5.74, 6) is -0.289. The van der Waals surface area contributed by atoms with Gasteiger partial charge < -0.3 is 9.84 Å². The second kappa shape index (κ2) is 6.56. The number of nitro groups is 1. The molecule has 0 spiro atoms. The number of carbonyl (C=O) groups is 1. The first-order valence-electron chi connectivity index (χ1n) is 7.19. The van der Waals surface area contributed by atoms with Crippen molar-refractivity contribution in [2.24, 2.45) is 5.92 Å². The predicted molar refractivity (Wildman–Crippen MR) is 76.7 cm³/mol. The van der Waals surface area contributed by atoms with Gasteiger partial charge in [-0.3, -0.25) is 10.1 Å². The molecule has 0 radical (unpaired) electrons. The van der Waals surface area contributed by atoms with E-state index in [-0.39, 0.29) is 11.7 Å². The Morgan fingerprint density at radius 2 is 2.24 bits per heavy atom. The molecule has 0 amide bonds. The van der Waals surface area contributed by atoms with Crippen molar-refractivity contribution in [2.75, 3.05) is 0 Å². The molecule has 0 saturated heterocycles. The average molecular weight is 293 g/mol. The highest BCUT2D eigenvalue weighted by Crippen LogP contribution is 2.31. The number of hydrogen-bond donors (Lipinski definition) is 1. The van der Waals surface area contributed by atoms with Crippen molar-refractivity contribution in [2.45, 2.75) is 45.1 Å². The van der Waals surface area contributed by atoms with Crippen molar-refractivity contribution in [3.63, 3.8) is 0 Å². The van der Waals surface area contributed by atoms with Gasteiger partial charge in [-0.15, -0.1) is 0 Å². The monoisotopic (exact) mass is 293 g/mol. The molecule has 1 aliphatic carbocycles.